The number of fused-ring (bicyclic) bond motifs is 1. The fraction of sp³-hybridized carbons (Fsp3) is 0.500. The highest BCUT2D eigenvalue weighted by molar-refractivity contribution is 5.92. The molecule has 170 valence electrons. The number of amides is 2. The van der Waals surface area contributed by atoms with Crippen LogP contribution in [0.5, 0.6) is 0 Å². The molecule has 3 heterocycles. The molecule has 8 nitrogen and oxygen atoms in total. The summed E-state index contributed by atoms with van der Waals surface area (Å²) in [6.07, 6.45) is 2.98. The van der Waals surface area contributed by atoms with E-state index in [2.05, 4.69) is 38.4 Å². The van der Waals surface area contributed by atoms with Gasteiger partial charge in [0.05, 0.1) is 6.10 Å². The Morgan fingerprint density at radius 2 is 2.00 bits per heavy atom. The monoisotopic (exact) mass is 437 g/mol. The number of benzene rings is 1. The normalized spacial score (nSPS) is 17.4. The molecule has 8 heteroatoms. The summed E-state index contributed by atoms with van der Waals surface area (Å²) in [6, 6.07) is 10.1. The Labute approximate surface area is 188 Å². The van der Waals surface area contributed by atoms with Gasteiger partial charge in [0.25, 0.3) is 5.91 Å². The van der Waals surface area contributed by atoms with Gasteiger partial charge in [-0.2, -0.15) is 0 Å². The molecular weight excluding hydrogens is 406 g/mol. The maximum absolute atomic E-state index is 12.5. The van der Waals surface area contributed by atoms with Crippen molar-refractivity contribution in [3.63, 3.8) is 0 Å². The van der Waals surface area contributed by atoms with Gasteiger partial charge in [0.2, 0.25) is 5.91 Å². The SMILES string of the molecule is CCC(=O)N1CC(Cc2cc(C(=O)NC[C@H](O)CN3CCc4ccccc4C3)ncn2)C1. The van der Waals surface area contributed by atoms with Crippen LogP contribution in [-0.4, -0.2) is 75.5 Å². The minimum Gasteiger partial charge on any atom is -0.390 e. The molecule has 2 aliphatic rings. The summed E-state index contributed by atoms with van der Waals surface area (Å²) in [5, 5.41) is 13.2. The smallest absolute Gasteiger partial charge is 0.270 e. The minimum atomic E-state index is -0.650. The summed E-state index contributed by atoms with van der Waals surface area (Å²) in [5.74, 6) is 0.234. The highest BCUT2D eigenvalue weighted by Crippen LogP contribution is 2.21. The van der Waals surface area contributed by atoms with Crippen LogP contribution in [0.1, 0.15) is 40.7 Å². The number of aliphatic hydroxyl groups excluding tert-OH is 1. The highest BCUT2D eigenvalue weighted by atomic mass is 16.3. The lowest BCUT2D eigenvalue weighted by molar-refractivity contribution is -0.137. The molecule has 0 saturated carbocycles. The quantitative estimate of drug-likeness (QED) is 0.640. The lowest BCUT2D eigenvalue weighted by Crippen LogP contribution is -2.50. The van der Waals surface area contributed by atoms with Crippen molar-refractivity contribution in [2.24, 2.45) is 5.92 Å². The van der Waals surface area contributed by atoms with Gasteiger partial charge in [0.1, 0.15) is 12.0 Å². The van der Waals surface area contributed by atoms with E-state index in [1.54, 1.807) is 6.07 Å². The van der Waals surface area contributed by atoms with E-state index in [0.717, 1.165) is 44.7 Å². The average molecular weight is 438 g/mol. The molecule has 1 fully saturated rings. The van der Waals surface area contributed by atoms with Crippen molar-refractivity contribution >= 4 is 11.8 Å². The number of carbonyl (C=O) groups excluding carboxylic acids is 2. The van der Waals surface area contributed by atoms with Gasteiger partial charge >= 0.3 is 0 Å². The molecule has 32 heavy (non-hydrogen) atoms. The number of likely N-dealkylation sites (tertiary alicyclic amines) is 1. The lowest BCUT2D eigenvalue weighted by atomic mass is 9.94. The Balaban J connectivity index is 1.22. The number of aromatic nitrogens is 2. The Bertz CT molecular complexity index is 960. The minimum absolute atomic E-state index is 0.174. The standard InChI is InChI=1S/C24H31N5O3/c1-2-23(31)29-12-17(13-29)9-20-10-22(27-16-26-20)24(32)25-11-21(30)15-28-8-7-18-5-3-4-6-19(18)14-28/h3-6,10,16-17,21,30H,2,7-9,11-15H2,1H3,(H,25,32)/t21-/m0/s1. The second-order valence-corrected chi connectivity index (χ2v) is 8.73. The molecule has 1 aromatic heterocycles. The number of rotatable bonds is 8. The van der Waals surface area contributed by atoms with Crippen molar-refractivity contribution in [2.75, 3.05) is 32.7 Å². The number of β-amino-alcohol motifs (C(OH)–C–C–N with tert-alkyl or cyclic N) is 1. The van der Waals surface area contributed by atoms with Gasteiger partial charge in [-0.15, -0.1) is 0 Å². The van der Waals surface area contributed by atoms with Gasteiger partial charge < -0.3 is 15.3 Å². The van der Waals surface area contributed by atoms with Crippen molar-refractivity contribution in [2.45, 2.75) is 38.8 Å². The van der Waals surface area contributed by atoms with Crippen molar-refractivity contribution in [1.29, 1.82) is 0 Å². The molecule has 1 aromatic carbocycles. The number of nitrogens with one attached hydrogen (secondary N) is 1. The number of aliphatic hydroxyl groups is 1. The Kier molecular flexibility index (Phi) is 7.12. The average Bonchev–Trinajstić information content (AvgIpc) is 2.79. The molecule has 1 atom stereocenters. The highest BCUT2D eigenvalue weighted by Gasteiger charge is 2.30. The molecule has 0 spiro atoms. The first kappa shape index (κ1) is 22.4. The van der Waals surface area contributed by atoms with E-state index in [9.17, 15) is 14.7 Å². The zero-order valence-corrected chi connectivity index (χ0v) is 18.5. The maximum atomic E-state index is 12.5. The second-order valence-electron chi connectivity index (χ2n) is 8.73. The second kappa shape index (κ2) is 10.2. The Morgan fingerprint density at radius 3 is 2.78 bits per heavy atom. The topological polar surface area (TPSA) is 98.7 Å². The molecule has 0 unspecified atom stereocenters. The van der Waals surface area contributed by atoms with Gasteiger partial charge in [-0.3, -0.25) is 14.5 Å². The Morgan fingerprint density at radius 1 is 1.22 bits per heavy atom. The molecule has 2 aromatic rings. The fourth-order valence-corrected chi connectivity index (χ4v) is 4.43. The van der Waals surface area contributed by atoms with Crippen molar-refractivity contribution in [3.8, 4) is 0 Å². The molecule has 2 aliphatic heterocycles. The predicted octanol–water partition coefficient (Wildman–Crippen LogP) is 1.04. The van der Waals surface area contributed by atoms with Crippen LogP contribution in [0.15, 0.2) is 36.7 Å². The summed E-state index contributed by atoms with van der Waals surface area (Å²) in [4.78, 5) is 36.6. The first-order valence-electron chi connectivity index (χ1n) is 11.4. The molecule has 2 amide bonds. The van der Waals surface area contributed by atoms with E-state index < -0.39 is 6.10 Å². The van der Waals surface area contributed by atoms with E-state index in [1.807, 2.05) is 17.9 Å². The van der Waals surface area contributed by atoms with E-state index in [4.69, 9.17) is 0 Å². The van der Waals surface area contributed by atoms with Crippen LogP contribution >= 0.6 is 0 Å². The summed E-state index contributed by atoms with van der Waals surface area (Å²) in [5.41, 5.74) is 3.77. The summed E-state index contributed by atoms with van der Waals surface area (Å²) in [7, 11) is 0. The summed E-state index contributed by atoms with van der Waals surface area (Å²) < 4.78 is 0. The van der Waals surface area contributed by atoms with Crippen molar-refractivity contribution in [1.82, 2.24) is 25.1 Å². The van der Waals surface area contributed by atoms with Crippen LogP contribution in [0.4, 0.5) is 0 Å². The largest absolute Gasteiger partial charge is 0.390 e. The van der Waals surface area contributed by atoms with Crippen LogP contribution in [0, 0.1) is 5.92 Å². The maximum Gasteiger partial charge on any atom is 0.270 e. The Hall–Kier alpha value is -2.84. The van der Waals surface area contributed by atoms with Crippen molar-refractivity contribution in [3.05, 3.63) is 59.2 Å². The molecule has 4 rings (SSSR count). The van der Waals surface area contributed by atoms with Crippen LogP contribution in [0.3, 0.4) is 0 Å². The lowest BCUT2D eigenvalue weighted by Gasteiger charge is -2.39. The molecule has 1 saturated heterocycles. The fourth-order valence-electron chi connectivity index (χ4n) is 4.43. The first-order valence-corrected chi connectivity index (χ1v) is 11.4. The third-order valence-electron chi connectivity index (χ3n) is 6.24. The van der Waals surface area contributed by atoms with Crippen LogP contribution in [0.2, 0.25) is 0 Å². The van der Waals surface area contributed by atoms with E-state index in [1.165, 1.54) is 17.5 Å². The third-order valence-corrected chi connectivity index (χ3v) is 6.24. The number of carbonyl (C=O) groups is 2. The molecular formula is C24H31N5O3. The van der Waals surface area contributed by atoms with E-state index in [-0.39, 0.29) is 18.4 Å². The zero-order chi connectivity index (χ0) is 22.5. The van der Waals surface area contributed by atoms with Gasteiger partial charge in [0.15, 0.2) is 0 Å². The van der Waals surface area contributed by atoms with E-state index in [0.29, 0.717) is 24.6 Å². The third kappa shape index (κ3) is 5.49. The van der Waals surface area contributed by atoms with Crippen molar-refractivity contribution < 1.29 is 14.7 Å². The number of nitrogens with zero attached hydrogens (tertiary/aromatic N) is 4. The molecule has 2 N–H and O–H groups in total. The van der Waals surface area contributed by atoms with Gasteiger partial charge in [-0.25, -0.2) is 9.97 Å². The van der Waals surface area contributed by atoms with E-state index >= 15 is 0 Å². The number of hydrogen-bond donors (Lipinski definition) is 2. The molecule has 0 radical (unpaired) electrons. The molecule has 0 aliphatic carbocycles. The zero-order valence-electron chi connectivity index (χ0n) is 18.5. The van der Waals surface area contributed by atoms with Gasteiger partial charge in [-0.1, -0.05) is 31.2 Å². The van der Waals surface area contributed by atoms with Crippen LogP contribution in [-0.2, 0) is 24.2 Å². The van der Waals surface area contributed by atoms with Gasteiger partial charge in [0, 0.05) is 51.4 Å². The predicted molar refractivity (Wildman–Crippen MR) is 120 cm³/mol. The van der Waals surface area contributed by atoms with Crippen LogP contribution < -0.4 is 5.32 Å². The summed E-state index contributed by atoms with van der Waals surface area (Å²) in [6.45, 7) is 5.76. The number of hydrogen-bond acceptors (Lipinski definition) is 6. The first-order chi connectivity index (χ1) is 15.5. The summed E-state index contributed by atoms with van der Waals surface area (Å²) >= 11 is 0. The van der Waals surface area contributed by atoms with Crippen LogP contribution in [0.25, 0.3) is 0 Å². The molecule has 0 bridgehead atoms. The van der Waals surface area contributed by atoms with Gasteiger partial charge in [-0.05, 0) is 36.0 Å².